The second-order valence-corrected chi connectivity index (χ2v) is 6.37. The molecule has 3 aromatic rings. The molecule has 0 saturated carbocycles. The quantitative estimate of drug-likeness (QED) is 0.711. The van der Waals surface area contributed by atoms with E-state index >= 15 is 0 Å². The van der Waals surface area contributed by atoms with Crippen molar-refractivity contribution in [3.63, 3.8) is 0 Å². The average Bonchev–Trinajstić information content (AvgIpc) is 3.19. The van der Waals surface area contributed by atoms with Crippen molar-refractivity contribution in [2.75, 3.05) is 6.54 Å². The number of carbonyl (C=O) groups excluding carboxylic acids is 1. The maximum Gasteiger partial charge on any atom is 0.257 e. The predicted octanol–water partition coefficient (Wildman–Crippen LogP) is 4.26. The molecule has 1 aromatic heterocycles. The fourth-order valence-corrected chi connectivity index (χ4v) is 3.38. The average molecular weight is 347 g/mol. The Labute approximate surface area is 151 Å². The third-order valence-corrected chi connectivity index (χ3v) is 4.70. The molecule has 2 heterocycles. The number of amides is 1. The van der Waals surface area contributed by atoms with Crippen molar-refractivity contribution in [3.8, 4) is 11.4 Å². The molecule has 4 nitrogen and oxygen atoms in total. The minimum Gasteiger partial charge on any atom is -0.332 e. The van der Waals surface area contributed by atoms with E-state index in [2.05, 4.69) is 9.97 Å². The van der Waals surface area contributed by atoms with Crippen molar-refractivity contribution < 1.29 is 9.18 Å². The van der Waals surface area contributed by atoms with Gasteiger partial charge in [0.25, 0.3) is 5.91 Å². The molecule has 1 atom stereocenters. The van der Waals surface area contributed by atoms with Gasteiger partial charge in [0.1, 0.15) is 5.82 Å². The standard InChI is InChI=1S/C21H18FN3O/c22-18-10-8-15(9-11-18)19-7-4-12-25(19)21(26)17-13-23-20(24-14-17)16-5-2-1-3-6-16/h1-3,5-6,8-11,13-14,19H,4,7,12H2. The summed E-state index contributed by atoms with van der Waals surface area (Å²) in [7, 11) is 0. The van der Waals surface area contributed by atoms with Gasteiger partial charge in [-0.2, -0.15) is 0 Å². The van der Waals surface area contributed by atoms with Crippen molar-refractivity contribution >= 4 is 5.91 Å². The van der Waals surface area contributed by atoms with Crippen molar-refractivity contribution in [2.45, 2.75) is 18.9 Å². The van der Waals surface area contributed by atoms with E-state index in [0.717, 1.165) is 24.0 Å². The molecular formula is C21H18FN3O. The second kappa shape index (κ2) is 7.04. The fraction of sp³-hybridized carbons (Fsp3) is 0.190. The highest BCUT2D eigenvalue weighted by atomic mass is 19.1. The summed E-state index contributed by atoms with van der Waals surface area (Å²) in [6.07, 6.45) is 4.96. The molecule has 1 amide bonds. The zero-order valence-electron chi connectivity index (χ0n) is 14.2. The molecule has 0 bridgehead atoms. The summed E-state index contributed by atoms with van der Waals surface area (Å²) in [6.45, 7) is 0.682. The number of halogens is 1. The van der Waals surface area contributed by atoms with Crippen LogP contribution in [0.2, 0.25) is 0 Å². The van der Waals surface area contributed by atoms with Gasteiger partial charge in [-0.15, -0.1) is 0 Å². The number of hydrogen-bond acceptors (Lipinski definition) is 3. The molecule has 2 aromatic carbocycles. The van der Waals surface area contributed by atoms with Gasteiger partial charge in [0.15, 0.2) is 5.82 Å². The lowest BCUT2D eigenvalue weighted by molar-refractivity contribution is 0.0735. The maximum absolute atomic E-state index is 13.2. The summed E-state index contributed by atoms with van der Waals surface area (Å²) in [5.74, 6) is 0.240. The zero-order chi connectivity index (χ0) is 17.9. The van der Waals surface area contributed by atoms with Crippen LogP contribution in [-0.2, 0) is 0 Å². The zero-order valence-corrected chi connectivity index (χ0v) is 14.2. The molecular weight excluding hydrogens is 329 g/mol. The number of nitrogens with zero attached hydrogens (tertiary/aromatic N) is 3. The van der Waals surface area contributed by atoms with Crippen LogP contribution in [0.3, 0.4) is 0 Å². The molecule has 0 N–H and O–H groups in total. The second-order valence-electron chi connectivity index (χ2n) is 6.37. The van der Waals surface area contributed by atoms with Crippen molar-refractivity contribution in [2.24, 2.45) is 0 Å². The molecule has 5 heteroatoms. The smallest absolute Gasteiger partial charge is 0.257 e. The van der Waals surface area contributed by atoms with Crippen LogP contribution < -0.4 is 0 Å². The summed E-state index contributed by atoms with van der Waals surface area (Å²) in [5, 5.41) is 0. The summed E-state index contributed by atoms with van der Waals surface area (Å²) in [6, 6.07) is 16.0. The van der Waals surface area contributed by atoms with Gasteiger partial charge in [-0.25, -0.2) is 14.4 Å². The fourth-order valence-electron chi connectivity index (χ4n) is 3.38. The van der Waals surface area contributed by atoms with Gasteiger partial charge in [-0.1, -0.05) is 42.5 Å². The molecule has 1 fully saturated rings. The van der Waals surface area contributed by atoms with Gasteiger partial charge >= 0.3 is 0 Å². The van der Waals surface area contributed by atoms with Crippen LogP contribution in [0.25, 0.3) is 11.4 Å². The summed E-state index contributed by atoms with van der Waals surface area (Å²) >= 11 is 0. The highest BCUT2D eigenvalue weighted by molar-refractivity contribution is 5.94. The van der Waals surface area contributed by atoms with Crippen LogP contribution in [0.5, 0.6) is 0 Å². The third-order valence-electron chi connectivity index (χ3n) is 4.70. The van der Waals surface area contributed by atoms with E-state index in [9.17, 15) is 9.18 Å². The molecule has 1 aliphatic rings. The van der Waals surface area contributed by atoms with Crippen LogP contribution in [-0.4, -0.2) is 27.3 Å². The first kappa shape index (κ1) is 16.4. The van der Waals surface area contributed by atoms with Crippen LogP contribution in [0.15, 0.2) is 67.0 Å². The lowest BCUT2D eigenvalue weighted by Gasteiger charge is -2.25. The van der Waals surface area contributed by atoms with Crippen molar-refractivity contribution in [1.29, 1.82) is 0 Å². The molecule has 0 aliphatic carbocycles. The van der Waals surface area contributed by atoms with E-state index in [1.54, 1.807) is 24.5 Å². The first-order valence-corrected chi connectivity index (χ1v) is 8.66. The summed E-state index contributed by atoms with van der Waals surface area (Å²) in [4.78, 5) is 23.4. The molecule has 4 rings (SSSR count). The number of benzene rings is 2. The minimum absolute atomic E-state index is 0.0306. The normalized spacial score (nSPS) is 16.7. The lowest BCUT2D eigenvalue weighted by Crippen LogP contribution is -2.30. The maximum atomic E-state index is 13.2. The van der Waals surface area contributed by atoms with E-state index in [1.807, 2.05) is 35.2 Å². The van der Waals surface area contributed by atoms with Crippen LogP contribution in [0, 0.1) is 5.82 Å². The summed E-state index contributed by atoms with van der Waals surface area (Å²) < 4.78 is 13.2. The highest BCUT2D eigenvalue weighted by Gasteiger charge is 2.30. The number of rotatable bonds is 3. The van der Waals surface area contributed by atoms with E-state index < -0.39 is 0 Å². The van der Waals surface area contributed by atoms with Crippen molar-refractivity contribution in [3.05, 3.63) is 83.9 Å². The molecule has 130 valence electrons. The Balaban J connectivity index is 1.55. The molecule has 1 aliphatic heterocycles. The van der Waals surface area contributed by atoms with Crippen LogP contribution in [0.1, 0.15) is 34.8 Å². The van der Waals surface area contributed by atoms with Crippen LogP contribution >= 0.6 is 0 Å². The molecule has 1 unspecified atom stereocenters. The Bertz CT molecular complexity index is 895. The van der Waals surface area contributed by atoms with E-state index in [0.29, 0.717) is 17.9 Å². The number of likely N-dealkylation sites (tertiary alicyclic amines) is 1. The highest BCUT2D eigenvalue weighted by Crippen LogP contribution is 2.33. The third kappa shape index (κ3) is 3.20. The number of carbonyl (C=O) groups is 1. The Morgan fingerprint density at radius 3 is 2.38 bits per heavy atom. The largest absolute Gasteiger partial charge is 0.332 e. The van der Waals surface area contributed by atoms with Gasteiger partial charge in [0.05, 0.1) is 11.6 Å². The Morgan fingerprint density at radius 1 is 1.00 bits per heavy atom. The van der Waals surface area contributed by atoms with Gasteiger partial charge < -0.3 is 4.90 Å². The van der Waals surface area contributed by atoms with E-state index in [4.69, 9.17) is 0 Å². The lowest BCUT2D eigenvalue weighted by atomic mass is 10.0. The predicted molar refractivity (Wildman–Crippen MR) is 96.9 cm³/mol. The topological polar surface area (TPSA) is 46.1 Å². The summed E-state index contributed by atoms with van der Waals surface area (Å²) in [5.41, 5.74) is 2.34. The Morgan fingerprint density at radius 2 is 1.69 bits per heavy atom. The monoisotopic (exact) mass is 347 g/mol. The molecule has 1 saturated heterocycles. The molecule has 26 heavy (non-hydrogen) atoms. The van der Waals surface area contributed by atoms with Gasteiger partial charge in [-0.05, 0) is 30.5 Å². The van der Waals surface area contributed by atoms with Gasteiger partial charge in [-0.3, -0.25) is 4.79 Å². The van der Waals surface area contributed by atoms with Gasteiger partial charge in [0.2, 0.25) is 0 Å². The van der Waals surface area contributed by atoms with Gasteiger partial charge in [0, 0.05) is 24.5 Å². The first-order valence-electron chi connectivity index (χ1n) is 8.66. The van der Waals surface area contributed by atoms with E-state index in [-0.39, 0.29) is 17.8 Å². The SMILES string of the molecule is O=C(c1cnc(-c2ccccc2)nc1)N1CCCC1c1ccc(F)cc1. The Hall–Kier alpha value is -3.08. The van der Waals surface area contributed by atoms with E-state index in [1.165, 1.54) is 12.1 Å². The molecule has 0 radical (unpaired) electrons. The number of aromatic nitrogens is 2. The van der Waals surface area contributed by atoms with Crippen LogP contribution in [0.4, 0.5) is 4.39 Å². The minimum atomic E-state index is -0.269. The van der Waals surface area contributed by atoms with Crippen molar-refractivity contribution in [1.82, 2.24) is 14.9 Å². The first-order chi connectivity index (χ1) is 12.7. The Kier molecular flexibility index (Phi) is 4.44. The number of hydrogen-bond donors (Lipinski definition) is 0. The molecule has 0 spiro atoms.